The number of hydrogen-bond acceptors (Lipinski definition) is 4. The molecule has 0 aliphatic carbocycles. The fourth-order valence-electron chi connectivity index (χ4n) is 2.29. The highest BCUT2D eigenvalue weighted by Gasteiger charge is 2.17. The van der Waals surface area contributed by atoms with E-state index in [1.165, 1.54) is 6.08 Å². The van der Waals surface area contributed by atoms with Gasteiger partial charge in [-0.15, -0.1) is 0 Å². The van der Waals surface area contributed by atoms with Crippen molar-refractivity contribution in [3.63, 3.8) is 0 Å². The fourth-order valence-corrected chi connectivity index (χ4v) is 2.29. The highest BCUT2D eigenvalue weighted by molar-refractivity contribution is 6.08. The standard InChI is InChI=1S/C18H19N3O3/c1-18(2,3)21-10-12(9-19-21)4-6-15(22)13-5-7-16-14(8-13)20-17(23)11-24-16/h4-10H,11H2,1-3H3,(H,20,23). The molecule has 0 atom stereocenters. The summed E-state index contributed by atoms with van der Waals surface area (Å²) in [6.07, 6.45) is 6.84. The number of fused-ring (bicyclic) bond motifs is 1. The maximum atomic E-state index is 12.3. The number of carbonyl (C=O) groups is 2. The topological polar surface area (TPSA) is 73.2 Å². The quantitative estimate of drug-likeness (QED) is 0.695. The maximum absolute atomic E-state index is 12.3. The molecule has 1 aromatic carbocycles. The molecule has 2 aromatic rings. The Morgan fingerprint density at radius 1 is 1.38 bits per heavy atom. The molecule has 0 radical (unpaired) electrons. The molecule has 0 fully saturated rings. The van der Waals surface area contributed by atoms with E-state index in [1.807, 2.05) is 10.9 Å². The summed E-state index contributed by atoms with van der Waals surface area (Å²) in [6, 6.07) is 4.99. The van der Waals surface area contributed by atoms with Gasteiger partial charge in [-0.05, 0) is 51.1 Å². The first-order valence-electron chi connectivity index (χ1n) is 7.67. The zero-order valence-electron chi connectivity index (χ0n) is 13.9. The summed E-state index contributed by atoms with van der Waals surface area (Å²) in [4.78, 5) is 23.7. The molecular weight excluding hydrogens is 306 g/mol. The molecule has 124 valence electrons. The Bertz CT molecular complexity index is 828. The molecule has 0 saturated carbocycles. The van der Waals surface area contributed by atoms with Crippen molar-refractivity contribution >= 4 is 23.5 Å². The highest BCUT2D eigenvalue weighted by atomic mass is 16.5. The second kappa shape index (κ2) is 5.96. The van der Waals surface area contributed by atoms with Crippen LogP contribution in [0.25, 0.3) is 6.08 Å². The van der Waals surface area contributed by atoms with Crippen molar-refractivity contribution in [3.8, 4) is 5.75 Å². The van der Waals surface area contributed by atoms with Crippen LogP contribution in [-0.4, -0.2) is 28.1 Å². The first-order valence-corrected chi connectivity index (χ1v) is 7.67. The van der Waals surface area contributed by atoms with E-state index < -0.39 is 0 Å². The minimum atomic E-state index is -0.225. The van der Waals surface area contributed by atoms with Crippen LogP contribution in [0.15, 0.2) is 36.7 Å². The van der Waals surface area contributed by atoms with Crippen molar-refractivity contribution in [1.82, 2.24) is 9.78 Å². The number of nitrogens with zero attached hydrogens (tertiary/aromatic N) is 2. The van der Waals surface area contributed by atoms with Crippen molar-refractivity contribution in [2.45, 2.75) is 26.3 Å². The van der Waals surface area contributed by atoms with Gasteiger partial charge in [-0.25, -0.2) is 0 Å². The number of ketones is 1. The van der Waals surface area contributed by atoms with Crippen LogP contribution in [0.2, 0.25) is 0 Å². The van der Waals surface area contributed by atoms with Crippen LogP contribution in [0.3, 0.4) is 0 Å². The van der Waals surface area contributed by atoms with E-state index in [9.17, 15) is 9.59 Å². The van der Waals surface area contributed by atoms with Crippen molar-refractivity contribution < 1.29 is 14.3 Å². The number of amides is 1. The number of allylic oxidation sites excluding steroid dienone is 1. The van der Waals surface area contributed by atoms with Crippen LogP contribution in [0.1, 0.15) is 36.7 Å². The molecule has 1 N–H and O–H groups in total. The smallest absolute Gasteiger partial charge is 0.262 e. The SMILES string of the molecule is CC(C)(C)n1cc(C=CC(=O)c2ccc3c(c2)NC(=O)CO3)cn1. The van der Waals surface area contributed by atoms with Crippen LogP contribution < -0.4 is 10.1 Å². The fraction of sp³-hybridized carbons (Fsp3) is 0.278. The van der Waals surface area contributed by atoms with Gasteiger partial charge in [0.2, 0.25) is 0 Å². The Morgan fingerprint density at radius 2 is 2.17 bits per heavy atom. The summed E-state index contributed by atoms with van der Waals surface area (Å²) in [5.74, 6) is 0.194. The summed E-state index contributed by atoms with van der Waals surface area (Å²) in [7, 11) is 0. The number of aromatic nitrogens is 2. The number of nitrogens with one attached hydrogen (secondary N) is 1. The number of carbonyl (C=O) groups excluding carboxylic acids is 2. The minimum absolute atomic E-state index is 0.00202. The maximum Gasteiger partial charge on any atom is 0.262 e. The third kappa shape index (κ3) is 3.37. The van der Waals surface area contributed by atoms with Gasteiger partial charge in [0.25, 0.3) is 5.91 Å². The molecule has 1 aromatic heterocycles. The first kappa shape index (κ1) is 16.0. The van der Waals surface area contributed by atoms with E-state index in [1.54, 1.807) is 30.5 Å². The lowest BCUT2D eigenvalue weighted by atomic mass is 10.1. The van der Waals surface area contributed by atoms with Crippen LogP contribution in [0.5, 0.6) is 5.75 Å². The predicted octanol–water partition coefficient (Wildman–Crippen LogP) is 2.87. The molecule has 0 unspecified atom stereocenters. The van der Waals surface area contributed by atoms with Gasteiger partial charge in [0, 0.05) is 17.3 Å². The monoisotopic (exact) mass is 325 g/mol. The Balaban J connectivity index is 1.76. The highest BCUT2D eigenvalue weighted by Crippen LogP contribution is 2.28. The van der Waals surface area contributed by atoms with Gasteiger partial charge in [0.1, 0.15) is 5.75 Å². The van der Waals surface area contributed by atoms with E-state index in [-0.39, 0.29) is 23.8 Å². The summed E-state index contributed by atoms with van der Waals surface area (Å²) in [6.45, 7) is 6.17. The third-order valence-electron chi connectivity index (χ3n) is 3.61. The molecule has 1 amide bonds. The van der Waals surface area contributed by atoms with E-state index in [0.29, 0.717) is 17.0 Å². The molecule has 2 heterocycles. The van der Waals surface area contributed by atoms with Crippen LogP contribution in [-0.2, 0) is 10.3 Å². The van der Waals surface area contributed by atoms with Crippen LogP contribution >= 0.6 is 0 Å². The Kier molecular flexibility index (Phi) is 3.97. The average Bonchev–Trinajstić information content (AvgIpc) is 3.01. The number of benzene rings is 1. The average molecular weight is 325 g/mol. The van der Waals surface area contributed by atoms with E-state index in [2.05, 4.69) is 31.2 Å². The van der Waals surface area contributed by atoms with Gasteiger partial charge in [0.05, 0.1) is 17.4 Å². The largest absolute Gasteiger partial charge is 0.482 e. The lowest BCUT2D eigenvalue weighted by Gasteiger charge is -2.18. The van der Waals surface area contributed by atoms with Crippen molar-refractivity contribution in [2.24, 2.45) is 0 Å². The Morgan fingerprint density at radius 3 is 2.88 bits per heavy atom. The summed E-state index contributed by atoms with van der Waals surface area (Å²) in [5, 5.41) is 6.99. The summed E-state index contributed by atoms with van der Waals surface area (Å²) in [5.41, 5.74) is 1.75. The molecule has 1 aliphatic heterocycles. The summed E-state index contributed by atoms with van der Waals surface area (Å²) >= 11 is 0. The van der Waals surface area contributed by atoms with E-state index in [0.717, 1.165) is 5.56 Å². The number of ether oxygens (including phenoxy) is 1. The molecule has 1 aliphatic rings. The van der Waals surface area contributed by atoms with Crippen molar-refractivity contribution in [3.05, 3.63) is 47.8 Å². The van der Waals surface area contributed by atoms with Crippen molar-refractivity contribution in [2.75, 3.05) is 11.9 Å². The Labute approximate surface area is 140 Å². The molecule has 3 rings (SSSR count). The van der Waals surface area contributed by atoms with Gasteiger partial charge in [0.15, 0.2) is 12.4 Å². The van der Waals surface area contributed by atoms with Crippen LogP contribution in [0.4, 0.5) is 5.69 Å². The summed E-state index contributed by atoms with van der Waals surface area (Å²) < 4.78 is 7.13. The number of rotatable bonds is 3. The lowest BCUT2D eigenvalue weighted by molar-refractivity contribution is -0.118. The molecule has 0 saturated heterocycles. The Hall–Kier alpha value is -2.89. The minimum Gasteiger partial charge on any atom is -0.482 e. The zero-order chi connectivity index (χ0) is 17.3. The normalized spacial score (nSPS) is 14.2. The van der Waals surface area contributed by atoms with Gasteiger partial charge >= 0.3 is 0 Å². The first-order chi connectivity index (χ1) is 11.3. The second-order valence-corrected chi connectivity index (χ2v) is 6.63. The van der Waals surface area contributed by atoms with Gasteiger partial charge in [-0.1, -0.05) is 0 Å². The second-order valence-electron chi connectivity index (χ2n) is 6.63. The van der Waals surface area contributed by atoms with Gasteiger partial charge < -0.3 is 10.1 Å². The molecule has 24 heavy (non-hydrogen) atoms. The lowest BCUT2D eigenvalue weighted by Crippen LogP contribution is -2.25. The molecular formula is C18H19N3O3. The van der Waals surface area contributed by atoms with Gasteiger partial charge in [-0.2, -0.15) is 5.10 Å². The zero-order valence-corrected chi connectivity index (χ0v) is 13.9. The van der Waals surface area contributed by atoms with E-state index in [4.69, 9.17) is 4.74 Å². The number of hydrogen-bond donors (Lipinski definition) is 1. The van der Waals surface area contributed by atoms with Gasteiger partial charge in [-0.3, -0.25) is 14.3 Å². The molecule has 6 heteroatoms. The van der Waals surface area contributed by atoms with Crippen LogP contribution in [0, 0.1) is 0 Å². The molecule has 6 nitrogen and oxygen atoms in total. The third-order valence-corrected chi connectivity index (χ3v) is 3.61. The molecule has 0 spiro atoms. The predicted molar refractivity (Wildman–Crippen MR) is 91.2 cm³/mol. The number of anilines is 1. The molecule has 0 bridgehead atoms. The van der Waals surface area contributed by atoms with Crippen molar-refractivity contribution in [1.29, 1.82) is 0 Å². The van der Waals surface area contributed by atoms with E-state index >= 15 is 0 Å².